The topological polar surface area (TPSA) is 124 Å². The zero-order valence-electron chi connectivity index (χ0n) is 17.4. The number of hydrogen-bond acceptors (Lipinski definition) is 7. The summed E-state index contributed by atoms with van der Waals surface area (Å²) in [6, 6.07) is 5.78. The summed E-state index contributed by atoms with van der Waals surface area (Å²) in [6.45, 7) is 5.00. The maximum Gasteiger partial charge on any atom is 0.408 e. The van der Waals surface area contributed by atoms with E-state index in [1.807, 2.05) is 0 Å². The summed E-state index contributed by atoms with van der Waals surface area (Å²) in [5, 5.41) is 3.55. The highest BCUT2D eigenvalue weighted by Gasteiger charge is 2.36. The van der Waals surface area contributed by atoms with Crippen molar-refractivity contribution in [1.29, 1.82) is 0 Å². The molecule has 0 spiro atoms. The molecule has 31 heavy (non-hydrogen) atoms. The molecule has 1 aliphatic heterocycles. The minimum absolute atomic E-state index is 0.0525. The Morgan fingerprint density at radius 2 is 1.81 bits per heavy atom. The molecule has 1 fully saturated rings. The standard InChI is InChI=1S/C21H23N3O7/c1-21(2,3)30-20(29)22-15(19(28)31-24-17(26)8-9-18(24)27)10-13-11-23(12-25)16-7-5-4-6-14(13)16/h4-7,11-12,15H,8-10H2,1-3H3,(H,22,29). The number of fused-ring (bicyclic) bond motifs is 1. The fourth-order valence-corrected chi connectivity index (χ4v) is 3.20. The van der Waals surface area contributed by atoms with Crippen molar-refractivity contribution in [2.45, 2.75) is 51.7 Å². The monoisotopic (exact) mass is 429 g/mol. The van der Waals surface area contributed by atoms with Gasteiger partial charge in [-0.2, -0.15) is 0 Å². The lowest BCUT2D eigenvalue weighted by atomic mass is 10.1. The minimum atomic E-state index is -1.28. The van der Waals surface area contributed by atoms with E-state index >= 15 is 0 Å². The zero-order chi connectivity index (χ0) is 22.8. The molecule has 1 aliphatic rings. The Morgan fingerprint density at radius 3 is 2.42 bits per heavy atom. The molecule has 0 radical (unpaired) electrons. The van der Waals surface area contributed by atoms with Crippen LogP contribution in [0.1, 0.15) is 39.2 Å². The van der Waals surface area contributed by atoms with Crippen molar-refractivity contribution >= 4 is 41.2 Å². The highest BCUT2D eigenvalue weighted by atomic mass is 16.7. The largest absolute Gasteiger partial charge is 0.444 e. The summed E-state index contributed by atoms with van der Waals surface area (Å²) in [7, 11) is 0. The summed E-state index contributed by atoms with van der Waals surface area (Å²) >= 11 is 0. The number of rotatable bonds is 6. The van der Waals surface area contributed by atoms with Crippen LogP contribution < -0.4 is 5.32 Å². The maximum absolute atomic E-state index is 12.8. The van der Waals surface area contributed by atoms with Crippen molar-refractivity contribution in [2.75, 3.05) is 0 Å². The number of ether oxygens (including phenoxy) is 1. The van der Waals surface area contributed by atoms with Gasteiger partial charge in [0.05, 0.1) is 5.52 Å². The predicted octanol–water partition coefficient (Wildman–Crippen LogP) is 1.72. The summed E-state index contributed by atoms with van der Waals surface area (Å²) in [5.41, 5.74) is 0.397. The Balaban J connectivity index is 1.87. The van der Waals surface area contributed by atoms with Gasteiger partial charge >= 0.3 is 12.1 Å². The third kappa shape index (κ3) is 5.08. The van der Waals surface area contributed by atoms with Crippen molar-refractivity contribution in [2.24, 2.45) is 0 Å². The van der Waals surface area contributed by atoms with Crippen LogP contribution in [0.15, 0.2) is 30.5 Å². The third-order valence-electron chi connectivity index (χ3n) is 4.52. The highest BCUT2D eigenvalue weighted by molar-refractivity contribution is 6.02. The molecule has 10 nitrogen and oxygen atoms in total. The molecule has 164 valence electrons. The summed E-state index contributed by atoms with van der Waals surface area (Å²) in [4.78, 5) is 65.1. The Labute approximate surface area is 178 Å². The average Bonchev–Trinajstić information content (AvgIpc) is 3.20. The Kier molecular flexibility index (Phi) is 6.09. The van der Waals surface area contributed by atoms with Gasteiger partial charge in [-0.15, -0.1) is 5.06 Å². The number of aromatic nitrogens is 1. The molecule has 3 rings (SSSR count). The lowest BCUT2D eigenvalue weighted by Crippen LogP contribution is -2.48. The molecular weight excluding hydrogens is 406 g/mol. The Hall–Kier alpha value is -3.69. The van der Waals surface area contributed by atoms with Crippen LogP contribution in [0.3, 0.4) is 0 Å². The van der Waals surface area contributed by atoms with Crippen LogP contribution in [0.4, 0.5) is 4.79 Å². The van der Waals surface area contributed by atoms with E-state index in [9.17, 15) is 24.0 Å². The predicted molar refractivity (Wildman–Crippen MR) is 108 cm³/mol. The molecule has 1 aromatic carbocycles. The quantitative estimate of drug-likeness (QED) is 0.548. The molecule has 1 N–H and O–H groups in total. The molecular formula is C21H23N3O7. The van der Waals surface area contributed by atoms with Crippen LogP contribution in [0.2, 0.25) is 0 Å². The molecule has 1 atom stereocenters. The minimum Gasteiger partial charge on any atom is -0.444 e. The van der Waals surface area contributed by atoms with Gasteiger partial charge < -0.3 is 14.9 Å². The molecule has 0 aliphatic carbocycles. The van der Waals surface area contributed by atoms with E-state index in [1.165, 1.54) is 4.57 Å². The van der Waals surface area contributed by atoms with E-state index in [-0.39, 0.29) is 19.3 Å². The third-order valence-corrected chi connectivity index (χ3v) is 4.52. The number of amides is 3. The van der Waals surface area contributed by atoms with Gasteiger partial charge in [-0.3, -0.25) is 19.0 Å². The van der Waals surface area contributed by atoms with Gasteiger partial charge in [0, 0.05) is 30.8 Å². The molecule has 1 saturated heterocycles. The van der Waals surface area contributed by atoms with Crippen LogP contribution in [0.25, 0.3) is 10.9 Å². The van der Waals surface area contributed by atoms with Crippen LogP contribution in [0, 0.1) is 0 Å². The Morgan fingerprint density at radius 1 is 1.16 bits per heavy atom. The molecule has 0 saturated carbocycles. The van der Waals surface area contributed by atoms with Gasteiger partial charge in [-0.05, 0) is 32.4 Å². The number of benzene rings is 1. The Bertz CT molecular complexity index is 1030. The van der Waals surface area contributed by atoms with Crippen LogP contribution >= 0.6 is 0 Å². The second-order valence-electron chi connectivity index (χ2n) is 8.08. The lowest BCUT2D eigenvalue weighted by Gasteiger charge is -2.23. The van der Waals surface area contributed by atoms with Crippen LogP contribution in [-0.4, -0.2) is 51.6 Å². The van der Waals surface area contributed by atoms with Gasteiger partial charge in [0.1, 0.15) is 11.6 Å². The average molecular weight is 429 g/mol. The number of carbonyl (C=O) groups is 5. The number of nitrogens with one attached hydrogen (secondary N) is 1. The summed E-state index contributed by atoms with van der Waals surface area (Å²) in [5.74, 6) is -2.27. The molecule has 1 unspecified atom stereocenters. The first-order valence-corrected chi connectivity index (χ1v) is 9.70. The van der Waals surface area contributed by atoms with E-state index < -0.39 is 35.5 Å². The van der Waals surface area contributed by atoms with Crippen molar-refractivity contribution in [3.05, 3.63) is 36.0 Å². The van der Waals surface area contributed by atoms with Gasteiger partial charge in [0.2, 0.25) is 6.41 Å². The van der Waals surface area contributed by atoms with Gasteiger partial charge in [-0.25, -0.2) is 9.59 Å². The fraction of sp³-hybridized carbons (Fsp3) is 0.381. The van der Waals surface area contributed by atoms with E-state index in [4.69, 9.17) is 9.57 Å². The molecule has 10 heteroatoms. The van der Waals surface area contributed by atoms with Crippen LogP contribution in [0.5, 0.6) is 0 Å². The lowest BCUT2D eigenvalue weighted by molar-refractivity contribution is -0.198. The smallest absolute Gasteiger partial charge is 0.408 e. The van der Waals surface area contributed by atoms with Crippen molar-refractivity contribution in [3.8, 4) is 0 Å². The maximum atomic E-state index is 12.8. The molecule has 2 heterocycles. The summed E-state index contributed by atoms with van der Waals surface area (Å²) < 4.78 is 6.57. The normalized spacial score (nSPS) is 15.1. The first kappa shape index (κ1) is 22.0. The number of hydroxylamine groups is 2. The van der Waals surface area contributed by atoms with Crippen LogP contribution in [-0.2, 0) is 35.2 Å². The van der Waals surface area contributed by atoms with E-state index in [0.717, 1.165) is 0 Å². The molecule has 0 bridgehead atoms. The van der Waals surface area contributed by atoms with Gasteiger partial charge in [0.15, 0.2) is 0 Å². The molecule has 3 amide bonds. The molecule has 2 aromatic rings. The van der Waals surface area contributed by atoms with E-state index in [2.05, 4.69) is 5.32 Å². The number of alkyl carbamates (subject to hydrolysis) is 1. The van der Waals surface area contributed by atoms with Crippen molar-refractivity contribution < 1.29 is 33.5 Å². The number of para-hydroxylation sites is 1. The van der Waals surface area contributed by atoms with Crippen molar-refractivity contribution in [3.63, 3.8) is 0 Å². The van der Waals surface area contributed by atoms with Gasteiger partial charge in [0.25, 0.3) is 11.8 Å². The number of hydrogen-bond donors (Lipinski definition) is 1. The van der Waals surface area contributed by atoms with Crippen molar-refractivity contribution in [1.82, 2.24) is 14.9 Å². The molecule has 1 aromatic heterocycles. The fourth-order valence-electron chi connectivity index (χ4n) is 3.20. The number of carbonyl (C=O) groups excluding carboxylic acids is 5. The zero-order valence-corrected chi connectivity index (χ0v) is 17.4. The van der Waals surface area contributed by atoms with E-state index in [1.54, 1.807) is 51.2 Å². The van der Waals surface area contributed by atoms with E-state index in [0.29, 0.717) is 27.9 Å². The summed E-state index contributed by atoms with van der Waals surface area (Å²) in [6.07, 6.45) is 1.14. The second-order valence-corrected chi connectivity index (χ2v) is 8.08. The second kappa shape index (κ2) is 8.58. The first-order chi connectivity index (χ1) is 14.6. The highest BCUT2D eigenvalue weighted by Crippen LogP contribution is 2.22. The SMILES string of the molecule is CC(C)(C)OC(=O)NC(Cc1cn(C=O)c2ccccc12)C(=O)ON1C(=O)CCC1=O. The first-order valence-electron chi connectivity index (χ1n) is 9.70. The number of imide groups is 1. The number of nitrogens with zero attached hydrogens (tertiary/aromatic N) is 2. The van der Waals surface area contributed by atoms with Gasteiger partial charge in [-0.1, -0.05) is 18.2 Å².